The Morgan fingerprint density at radius 1 is 0.900 bits per heavy atom. The molecule has 0 radical (unpaired) electrons. The minimum atomic E-state index is 0.0954. The van der Waals surface area contributed by atoms with Crippen LogP contribution in [0.5, 0.6) is 0 Å². The maximum absolute atomic E-state index is 4.53. The Kier molecular flexibility index (Phi) is 5.14. The lowest BCUT2D eigenvalue weighted by Gasteiger charge is -2.46. The number of H-pyrrole nitrogens is 1. The molecule has 158 valence electrons. The Hall–Kier alpha value is -2.73. The number of rotatable bonds is 4. The van der Waals surface area contributed by atoms with E-state index in [0.29, 0.717) is 6.04 Å². The van der Waals surface area contributed by atoms with Crippen molar-refractivity contribution in [2.24, 2.45) is 0 Å². The van der Waals surface area contributed by atoms with E-state index in [0.717, 1.165) is 35.5 Å². The standard InChI is InChI=1S/C24H32N6/c1-15-16(2)20(8-7-19(15)17-13-25-26-14-17)21-9-10-22(29-28-21)27-18-11-23(3,4)30-24(5,6)12-18/h7-10,13-14,18,30H,11-12H2,1-6H3,(H,25,26)(H,27,29). The molecular weight excluding hydrogens is 372 g/mol. The van der Waals surface area contributed by atoms with E-state index in [1.807, 2.05) is 18.5 Å². The highest BCUT2D eigenvalue weighted by Gasteiger charge is 2.37. The van der Waals surface area contributed by atoms with Crippen LogP contribution in [0.4, 0.5) is 5.82 Å². The van der Waals surface area contributed by atoms with Gasteiger partial charge in [0.1, 0.15) is 5.82 Å². The minimum Gasteiger partial charge on any atom is -0.366 e. The Morgan fingerprint density at radius 2 is 1.57 bits per heavy atom. The lowest BCUT2D eigenvalue weighted by Crippen LogP contribution is -2.60. The summed E-state index contributed by atoms with van der Waals surface area (Å²) in [6.07, 6.45) is 5.87. The first kappa shape index (κ1) is 20.5. The van der Waals surface area contributed by atoms with E-state index in [4.69, 9.17) is 0 Å². The van der Waals surface area contributed by atoms with Gasteiger partial charge in [-0.15, -0.1) is 10.2 Å². The number of aromatic nitrogens is 4. The molecule has 30 heavy (non-hydrogen) atoms. The number of nitrogens with zero attached hydrogens (tertiary/aromatic N) is 3. The van der Waals surface area contributed by atoms with Gasteiger partial charge in [0.15, 0.2) is 0 Å². The maximum Gasteiger partial charge on any atom is 0.148 e. The number of hydrogen-bond donors (Lipinski definition) is 3. The normalized spacial score (nSPS) is 18.3. The number of hydrogen-bond acceptors (Lipinski definition) is 5. The second kappa shape index (κ2) is 7.51. The average molecular weight is 405 g/mol. The van der Waals surface area contributed by atoms with Crippen LogP contribution in [0.2, 0.25) is 0 Å². The fourth-order valence-corrected chi connectivity index (χ4v) is 5.00. The Balaban J connectivity index is 1.54. The predicted octanol–water partition coefficient (Wildman–Crippen LogP) is 4.87. The molecule has 2 aromatic heterocycles. The van der Waals surface area contributed by atoms with Crippen LogP contribution in [0, 0.1) is 13.8 Å². The van der Waals surface area contributed by atoms with Crippen LogP contribution in [-0.4, -0.2) is 37.5 Å². The van der Waals surface area contributed by atoms with Crippen molar-refractivity contribution in [3.05, 3.63) is 47.8 Å². The quantitative estimate of drug-likeness (QED) is 0.578. The molecule has 0 atom stereocenters. The highest BCUT2D eigenvalue weighted by Crippen LogP contribution is 2.32. The zero-order chi connectivity index (χ0) is 21.5. The highest BCUT2D eigenvalue weighted by molar-refractivity contribution is 5.75. The van der Waals surface area contributed by atoms with Gasteiger partial charge < -0.3 is 10.6 Å². The lowest BCUT2D eigenvalue weighted by atomic mass is 9.79. The van der Waals surface area contributed by atoms with Crippen LogP contribution < -0.4 is 10.6 Å². The van der Waals surface area contributed by atoms with Crippen molar-refractivity contribution in [1.82, 2.24) is 25.7 Å². The van der Waals surface area contributed by atoms with E-state index in [-0.39, 0.29) is 11.1 Å². The summed E-state index contributed by atoms with van der Waals surface area (Å²) in [4.78, 5) is 0. The SMILES string of the molecule is Cc1c(-c2cn[nH]c2)ccc(-c2ccc(NC3CC(C)(C)NC(C)(C)C3)nn2)c1C. The molecule has 1 saturated heterocycles. The van der Waals surface area contributed by atoms with Gasteiger partial charge in [0, 0.05) is 34.4 Å². The fourth-order valence-electron chi connectivity index (χ4n) is 5.00. The molecule has 0 aliphatic carbocycles. The highest BCUT2D eigenvalue weighted by atomic mass is 15.2. The Bertz CT molecular complexity index is 1000. The topological polar surface area (TPSA) is 78.5 Å². The van der Waals surface area contributed by atoms with Gasteiger partial charge in [-0.2, -0.15) is 5.10 Å². The van der Waals surface area contributed by atoms with Crippen molar-refractivity contribution in [2.45, 2.75) is 71.5 Å². The summed E-state index contributed by atoms with van der Waals surface area (Å²) in [6.45, 7) is 13.3. The smallest absolute Gasteiger partial charge is 0.148 e. The molecule has 3 heterocycles. The second-order valence-electron chi connectivity index (χ2n) is 9.84. The lowest BCUT2D eigenvalue weighted by molar-refractivity contribution is 0.170. The van der Waals surface area contributed by atoms with Crippen LogP contribution in [-0.2, 0) is 0 Å². The zero-order valence-electron chi connectivity index (χ0n) is 18.8. The fraction of sp³-hybridized carbons (Fsp3) is 0.458. The summed E-state index contributed by atoms with van der Waals surface area (Å²) < 4.78 is 0. The molecule has 0 saturated carbocycles. The summed E-state index contributed by atoms with van der Waals surface area (Å²) in [5.41, 5.74) is 6.93. The predicted molar refractivity (Wildman–Crippen MR) is 122 cm³/mol. The molecule has 0 bridgehead atoms. The first-order valence-corrected chi connectivity index (χ1v) is 10.6. The maximum atomic E-state index is 4.53. The van der Waals surface area contributed by atoms with Crippen molar-refractivity contribution in [3.63, 3.8) is 0 Å². The largest absolute Gasteiger partial charge is 0.366 e. The molecule has 3 aromatic rings. The van der Waals surface area contributed by atoms with Gasteiger partial charge in [-0.05, 0) is 83.2 Å². The Morgan fingerprint density at radius 3 is 2.17 bits per heavy atom. The van der Waals surface area contributed by atoms with Crippen molar-refractivity contribution in [3.8, 4) is 22.4 Å². The van der Waals surface area contributed by atoms with E-state index >= 15 is 0 Å². The van der Waals surface area contributed by atoms with E-state index in [2.05, 4.69) is 90.8 Å². The first-order valence-electron chi connectivity index (χ1n) is 10.6. The van der Waals surface area contributed by atoms with Crippen LogP contribution in [0.1, 0.15) is 51.7 Å². The molecule has 0 unspecified atom stereocenters. The van der Waals surface area contributed by atoms with E-state index in [1.54, 1.807) is 0 Å². The van der Waals surface area contributed by atoms with Gasteiger partial charge in [0.25, 0.3) is 0 Å². The van der Waals surface area contributed by atoms with Gasteiger partial charge in [-0.25, -0.2) is 0 Å². The molecule has 4 rings (SSSR count). The number of anilines is 1. The van der Waals surface area contributed by atoms with Crippen LogP contribution in [0.3, 0.4) is 0 Å². The van der Waals surface area contributed by atoms with E-state index in [9.17, 15) is 0 Å². The van der Waals surface area contributed by atoms with Crippen molar-refractivity contribution >= 4 is 5.82 Å². The molecule has 6 nitrogen and oxygen atoms in total. The van der Waals surface area contributed by atoms with Crippen LogP contribution in [0.25, 0.3) is 22.4 Å². The summed E-state index contributed by atoms with van der Waals surface area (Å²) in [5.74, 6) is 0.835. The summed E-state index contributed by atoms with van der Waals surface area (Å²) in [7, 11) is 0. The molecule has 1 aliphatic heterocycles. The third-order valence-corrected chi connectivity index (χ3v) is 6.08. The molecule has 6 heteroatoms. The average Bonchev–Trinajstić information content (AvgIpc) is 3.16. The summed E-state index contributed by atoms with van der Waals surface area (Å²) in [5, 5.41) is 23.3. The van der Waals surface area contributed by atoms with E-state index in [1.165, 1.54) is 16.7 Å². The molecule has 0 amide bonds. The molecule has 1 aromatic carbocycles. The van der Waals surface area contributed by atoms with Gasteiger partial charge in [0.2, 0.25) is 0 Å². The molecule has 0 spiro atoms. The van der Waals surface area contributed by atoms with Gasteiger partial charge in [-0.3, -0.25) is 5.10 Å². The second-order valence-corrected chi connectivity index (χ2v) is 9.84. The van der Waals surface area contributed by atoms with E-state index < -0.39 is 0 Å². The third kappa shape index (κ3) is 4.24. The summed E-state index contributed by atoms with van der Waals surface area (Å²) in [6, 6.07) is 8.74. The van der Waals surface area contributed by atoms with Gasteiger partial charge >= 0.3 is 0 Å². The minimum absolute atomic E-state index is 0.0954. The summed E-state index contributed by atoms with van der Waals surface area (Å²) >= 11 is 0. The molecular formula is C24H32N6. The zero-order valence-corrected chi connectivity index (χ0v) is 18.8. The van der Waals surface area contributed by atoms with Gasteiger partial charge in [-0.1, -0.05) is 12.1 Å². The number of piperidine rings is 1. The first-order chi connectivity index (χ1) is 14.1. The van der Waals surface area contributed by atoms with Gasteiger partial charge in [0.05, 0.1) is 11.9 Å². The van der Waals surface area contributed by atoms with Crippen molar-refractivity contribution in [2.75, 3.05) is 5.32 Å². The van der Waals surface area contributed by atoms with Crippen molar-refractivity contribution < 1.29 is 0 Å². The van der Waals surface area contributed by atoms with Crippen molar-refractivity contribution in [1.29, 1.82) is 0 Å². The molecule has 1 fully saturated rings. The van der Waals surface area contributed by atoms with Crippen LogP contribution >= 0.6 is 0 Å². The number of nitrogens with one attached hydrogen (secondary N) is 3. The number of benzene rings is 1. The monoisotopic (exact) mass is 404 g/mol. The number of aromatic amines is 1. The molecule has 1 aliphatic rings. The molecule has 3 N–H and O–H groups in total. The van der Waals surface area contributed by atoms with Crippen LogP contribution in [0.15, 0.2) is 36.7 Å². The Labute approximate surface area is 178 Å². The third-order valence-electron chi connectivity index (χ3n) is 6.08.